The number of esters is 1. The number of ether oxygens (including phenoxy) is 1. The first-order chi connectivity index (χ1) is 11.9. The van der Waals surface area contributed by atoms with Crippen molar-refractivity contribution in [3.05, 3.63) is 0 Å². The topological polar surface area (TPSA) is 70.0 Å². The first-order valence-corrected chi connectivity index (χ1v) is 10.2. The van der Waals surface area contributed by atoms with Gasteiger partial charge in [-0.1, -0.05) is 48.0 Å². The van der Waals surface area contributed by atoms with Crippen molar-refractivity contribution in [2.24, 2.45) is 17.8 Å². The highest BCUT2D eigenvalue weighted by atomic mass is 16.6. The Hall–Kier alpha value is -0.650. The second-order valence-corrected chi connectivity index (χ2v) is 8.47. The Balaban J connectivity index is 5.11. The number of aliphatic hydroxyl groups excluding tert-OH is 1. The molecule has 5 nitrogen and oxygen atoms in total. The highest BCUT2D eigenvalue weighted by Gasteiger charge is 2.44. The fraction of sp³-hybridized carbons (Fsp3) is 0.952. The third kappa shape index (κ3) is 6.82. The lowest BCUT2D eigenvalue weighted by Gasteiger charge is -2.41. The number of hydrogen-bond acceptors (Lipinski definition) is 5. The minimum atomic E-state index is -1.51. The van der Waals surface area contributed by atoms with Gasteiger partial charge < -0.3 is 19.8 Å². The molecule has 0 spiro atoms. The molecule has 0 bridgehead atoms. The van der Waals surface area contributed by atoms with Crippen LogP contribution >= 0.6 is 0 Å². The van der Waals surface area contributed by atoms with E-state index in [9.17, 15) is 15.0 Å². The van der Waals surface area contributed by atoms with Crippen molar-refractivity contribution in [1.82, 2.24) is 4.90 Å². The molecule has 0 rings (SSSR count). The Labute approximate surface area is 161 Å². The molecule has 0 aromatic heterocycles. The maximum atomic E-state index is 12.5. The fourth-order valence-corrected chi connectivity index (χ4v) is 3.19. The van der Waals surface area contributed by atoms with Crippen LogP contribution in [0, 0.1) is 17.8 Å². The molecule has 0 aliphatic carbocycles. The zero-order valence-corrected chi connectivity index (χ0v) is 18.5. The normalized spacial score (nSPS) is 20.3. The standard InChI is InChI=1S/C21H43NO4/c1-10-12-13-22(9)17(7)19(23)21(8,25)18(11-2)26-20(24)16(6)15(5)14(3)4/h14-19,23,25H,10-13H2,1-9H3. The van der Waals surface area contributed by atoms with Gasteiger partial charge in [0.15, 0.2) is 0 Å². The van der Waals surface area contributed by atoms with Crippen LogP contribution in [-0.2, 0) is 9.53 Å². The quantitative estimate of drug-likeness (QED) is 0.513. The van der Waals surface area contributed by atoms with Gasteiger partial charge in [-0.05, 0) is 52.1 Å². The van der Waals surface area contributed by atoms with Crippen molar-refractivity contribution in [2.75, 3.05) is 13.6 Å². The van der Waals surface area contributed by atoms with Gasteiger partial charge in [-0.2, -0.15) is 0 Å². The maximum Gasteiger partial charge on any atom is 0.309 e. The third-order valence-corrected chi connectivity index (χ3v) is 6.11. The number of nitrogens with zero attached hydrogens (tertiary/aromatic N) is 1. The SMILES string of the molecule is CCCCN(C)C(C)C(O)C(C)(O)C(CC)OC(=O)C(C)C(C)C(C)C. The van der Waals surface area contributed by atoms with Gasteiger partial charge in [0.25, 0.3) is 0 Å². The van der Waals surface area contributed by atoms with Gasteiger partial charge in [0.05, 0.1) is 5.92 Å². The minimum Gasteiger partial charge on any atom is -0.459 e. The molecule has 0 amide bonds. The van der Waals surface area contributed by atoms with E-state index >= 15 is 0 Å². The first-order valence-electron chi connectivity index (χ1n) is 10.2. The molecule has 6 atom stereocenters. The zero-order valence-electron chi connectivity index (χ0n) is 18.5. The predicted octanol–water partition coefficient (Wildman–Crippen LogP) is 3.47. The molecule has 0 radical (unpaired) electrons. The second kappa shape index (κ2) is 11.3. The first kappa shape index (κ1) is 25.4. The van der Waals surface area contributed by atoms with E-state index in [2.05, 4.69) is 20.8 Å². The summed E-state index contributed by atoms with van der Waals surface area (Å²) in [6.07, 6.45) is 0.801. The van der Waals surface area contributed by atoms with E-state index in [0.29, 0.717) is 12.3 Å². The van der Waals surface area contributed by atoms with Crippen LogP contribution in [0.4, 0.5) is 0 Å². The molecule has 0 aromatic rings. The van der Waals surface area contributed by atoms with E-state index in [1.807, 2.05) is 39.6 Å². The van der Waals surface area contributed by atoms with Crippen LogP contribution in [0.2, 0.25) is 0 Å². The number of rotatable bonds is 12. The highest BCUT2D eigenvalue weighted by Crippen LogP contribution is 2.28. The summed E-state index contributed by atoms with van der Waals surface area (Å²) in [7, 11) is 1.94. The van der Waals surface area contributed by atoms with Gasteiger partial charge in [-0.15, -0.1) is 0 Å². The molecule has 0 saturated carbocycles. The van der Waals surface area contributed by atoms with E-state index < -0.39 is 17.8 Å². The lowest BCUT2D eigenvalue weighted by Crippen LogP contribution is -2.58. The van der Waals surface area contributed by atoms with Crippen LogP contribution in [-0.4, -0.2) is 58.5 Å². The van der Waals surface area contributed by atoms with Gasteiger partial charge in [-0.25, -0.2) is 0 Å². The molecule has 0 aliphatic rings. The molecule has 6 unspecified atom stereocenters. The molecule has 0 heterocycles. The van der Waals surface area contributed by atoms with Gasteiger partial charge in [0.2, 0.25) is 0 Å². The van der Waals surface area contributed by atoms with Crippen molar-refractivity contribution in [3.8, 4) is 0 Å². The van der Waals surface area contributed by atoms with Crippen LogP contribution < -0.4 is 0 Å². The van der Waals surface area contributed by atoms with E-state index in [1.54, 1.807) is 6.92 Å². The van der Waals surface area contributed by atoms with E-state index in [-0.39, 0.29) is 23.8 Å². The Morgan fingerprint density at radius 3 is 2.12 bits per heavy atom. The number of unbranched alkanes of at least 4 members (excludes halogenated alkanes) is 1. The average molecular weight is 374 g/mol. The van der Waals surface area contributed by atoms with Crippen molar-refractivity contribution in [1.29, 1.82) is 0 Å². The van der Waals surface area contributed by atoms with Crippen molar-refractivity contribution >= 4 is 5.97 Å². The molecule has 0 saturated heterocycles. The largest absolute Gasteiger partial charge is 0.459 e. The average Bonchev–Trinajstić information content (AvgIpc) is 2.60. The molecule has 0 fully saturated rings. The Kier molecular flexibility index (Phi) is 11.0. The summed E-state index contributed by atoms with van der Waals surface area (Å²) in [6.45, 7) is 16.4. The van der Waals surface area contributed by atoms with Crippen molar-refractivity contribution in [2.45, 2.75) is 98.5 Å². The van der Waals surface area contributed by atoms with Gasteiger partial charge in [0.1, 0.15) is 17.8 Å². The van der Waals surface area contributed by atoms with Crippen LogP contribution in [0.15, 0.2) is 0 Å². The Morgan fingerprint density at radius 2 is 1.69 bits per heavy atom. The number of likely N-dealkylation sites (N-methyl/N-ethyl adjacent to an activating group) is 1. The zero-order chi connectivity index (χ0) is 20.7. The minimum absolute atomic E-state index is 0.189. The number of carbonyl (C=O) groups is 1. The van der Waals surface area contributed by atoms with E-state index in [4.69, 9.17) is 4.74 Å². The Morgan fingerprint density at radius 1 is 1.15 bits per heavy atom. The van der Waals surface area contributed by atoms with Gasteiger partial charge in [-0.3, -0.25) is 4.79 Å². The van der Waals surface area contributed by atoms with Crippen LogP contribution in [0.5, 0.6) is 0 Å². The molecule has 0 aromatic carbocycles. The fourth-order valence-electron chi connectivity index (χ4n) is 3.19. The van der Waals surface area contributed by atoms with E-state index in [1.165, 1.54) is 0 Å². The number of aliphatic hydroxyl groups is 2. The van der Waals surface area contributed by atoms with Crippen molar-refractivity contribution < 1.29 is 19.7 Å². The second-order valence-electron chi connectivity index (χ2n) is 8.47. The van der Waals surface area contributed by atoms with Crippen LogP contribution in [0.1, 0.15) is 74.7 Å². The summed E-state index contributed by atoms with van der Waals surface area (Å²) in [4.78, 5) is 14.6. The molecule has 2 N–H and O–H groups in total. The van der Waals surface area contributed by atoms with Crippen LogP contribution in [0.3, 0.4) is 0 Å². The highest BCUT2D eigenvalue weighted by molar-refractivity contribution is 5.72. The van der Waals surface area contributed by atoms with Crippen molar-refractivity contribution in [3.63, 3.8) is 0 Å². The smallest absolute Gasteiger partial charge is 0.309 e. The summed E-state index contributed by atoms with van der Waals surface area (Å²) >= 11 is 0. The molecule has 5 heteroatoms. The summed E-state index contributed by atoms with van der Waals surface area (Å²) in [5.41, 5.74) is -1.51. The molecule has 156 valence electrons. The summed E-state index contributed by atoms with van der Waals surface area (Å²) in [5, 5.41) is 21.8. The molecular weight excluding hydrogens is 330 g/mol. The lowest BCUT2D eigenvalue weighted by atomic mass is 9.85. The maximum absolute atomic E-state index is 12.5. The van der Waals surface area contributed by atoms with Gasteiger partial charge >= 0.3 is 5.97 Å². The van der Waals surface area contributed by atoms with E-state index in [0.717, 1.165) is 19.4 Å². The summed E-state index contributed by atoms with van der Waals surface area (Å²) in [5.74, 6) is 0.00380. The molecular formula is C21H43NO4. The summed E-state index contributed by atoms with van der Waals surface area (Å²) < 4.78 is 5.66. The van der Waals surface area contributed by atoms with Crippen LogP contribution in [0.25, 0.3) is 0 Å². The molecule has 0 aliphatic heterocycles. The predicted molar refractivity (Wildman–Crippen MR) is 107 cm³/mol. The number of carbonyl (C=O) groups excluding carboxylic acids is 1. The Bertz CT molecular complexity index is 411. The number of hydrogen-bond donors (Lipinski definition) is 2. The third-order valence-electron chi connectivity index (χ3n) is 6.11. The van der Waals surface area contributed by atoms with Gasteiger partial charge in [0, 0.05) is 6.04 Å². The monoisotopic (exact) mass is 373 g/mol. The summed E-state index contributed by atoms with van der Waals surface area (Å²) in [6, 6.07) is -0.240. The molecule has 26 heavy (non-hydrogen) atoms. The lowest BCUT2D eigenvalue weighted by molar-refractivity contribution is -0.190.